The summed E-state index contributed by atoms with van der Waals surface area (Å²) in [4.78, 5) is 0. The van der Waals surface area contributed by atoms with E-state index < -0.39 is 0 Å². The average Bonchev–Trinajstić information content (AvgIpc) is 3.10. The Kier molecular flexibility index (Phi) is 3.48. The van der Waals surface area contributed by atoms with Crippen molar-refractivity contribution in [2.24, 2.45) is 5.92 Å². The number of benzene rings is 1. The fourth-order valence-electron chi connectivity index (χ4n) is 1.88. The number of hydrogen-bond donors (Lipinski definition) is 1. The second-order valence-electron chi connectivity index (χ2n) is 4.82. The highest BCUT2D eigenvalue weighted by Crippen LogP contribution is 2.27. The van der Waals surface area contributed by atoms with Gasteiger partial charge in [0.15, 0.2) is 0 Å². The van der Waals surface area contributed by atoms with Gasteiger partial charge in [0.1, 0.15) is 11.5 Å². The SMILES string of the molecule is Fc1ccc(Cl)cc1-n1cc(CNCC2CC2)nn1. The molecule has 4 nitrogen and oxygen atoms in total. The summed E-state index contributed by atoms with van der Waals surface area (Å²) in [6.07, 6.45) is 4.34. The van der Waals surface area contributed by atoms with Crippen LogP contribution in [0.1, 0.15) is 18.5 Å². The van der Waals surface area contributed by atoms with E-state index in [0.717, 1.165) is 18.2 Å². The van der Waals surface area contributed by atoms with Gasteiger partial charge in [-0.1, -0.05) is 16.8 Å². The summed E-state index contributed by atoms with van der Waals surface area (Å²) in [6, 6.07) is 4.37. The van der Waals surface area contributed by atoms with Gasteiger partial charge in [-0.25, -0.2) is 9.07 Å². The molecule has 0 atom stereocenters. The molecule has 6 heteroatoms. The molecule has 0 spiro atoms. The van der Waals surface area contributed by atoms with Crippen LogP contribution >= 0.6 is 11.6 Å². The first-order valence-electron chi connectivity index (χ1n) is 6.30. The van der Waals surface area contributed by atoms with Crippen molar-refractivity contribution in [1.29, 1.82) is 0 Å². The number of halogens is 2. The summed E-state index contributed by atoms with van der Waals surface area (Å²) in [7, 11) is 0. The van der Waals surface area contributed by atoms with Gasteiger partial charge in [0.05, 0.1) is 11.9 Å². The Labute approximate surface area is 115 Å². The Morgan fingerprint density at radius 2 is 2.26 bits per heavy atom. The van der Waals surface area contributed by atoms with Crippen LogP contribution in [0.4, 0.5) is 4.39 Å². The van der Waals surface area contributed by atoms with E-state index in [1.54, 1.807) is 6.20 Å². The van der Waals surface area contributed by atoms with Crippen molar-refractivity contribution in [1.82, 2.24) is 20.3 Å². The Bertz CT molecular complexity index is 580. The van der Waals surface area contributed by atoms with Crippen LogP contribution in [0, 0.1) is 11.7 Å². The van der Waals surface area contributed by atoms with Crippen LogP contribution < -0.4 is 5.32 Å². The van der Waals surface area contributed by atoms with Gasteiger partial charge in [0, 0.05) is 11.6 Å². The number of hydrogen-bond acceptors (Lipinski definition) is 3. The Balaban J connectivity index is 1.70. The highest BCUT2D eigenvalue weighted by atomic mass is 35.5. The van der Waals surface area contributed by atoms with Gasteiger partial charge in [-0.3, -0.25) is 0 Å². The third-order valence-electron chi connectivity index (χ3n) is 3.13. The van der Waals surface area contributed by atoms with Crippen LogP contribution in [0.25, 0.3) is 5.69 Å². The molecule has 0 unspecified atom stereocenters. The molecular formula is C13H14ClFN4. The van der Waals surface area contributed by atoms with Gasteiger partial charge >= 0.3 is 0 Å². The Hall–Kier alpha value is -1.46. The van der Waals surface area contributed by atoms with E-state index in [1.165, 1.54) is 35.7 Å². The highest BCUT2D eigenvalue weighted by molar-refractivity contribution is 6.30. The summed E-state index contributed by atoms with van der Waals surface area (Å²) in [5.41, 5.74) is 1.11. The van der Waals surface area contributed by atoms with Gasteiger partial charge in [0.2, 0.25) is 0 Å². The van der Waals surface area contributed by atoms with E-state index >= 15 is 0 Å². The topological polar surface area (TPSA) is 42.7 Å². The first kappa shape index (κ1) is 12.6. The molecule has 100 valence electrons. The lowest BCUT2D eigenvalue weighted by atomic mass is 10.3. The lowest BCUT2D eigenvalue weighted by Crippen LogP contribution is -2.16. The molecule has 1 saturated carbocycles. The van der Waals surface area contributed by atoms with Crippen LogP contribution in [-0.2, 0) is 6.54 Å². The summed E-state index contributed by atoms with van der Waals surface area (Å²) in [6.45, 7) is 1.66. The zero-order valence-corrected chi connectivity index (χ0v) is 11.1. The number of nitrogens with zero attached hydrogens (tertiary/aromatic N) is 3. The molecule has 0 aliphatic heterocycles. The minimum atomic E-state index is -0.369. The quantitative estimate of drug-likeness (QED) is 0.915. The van der Waals surface area contributed by atoms with Crippen molar-refractivity contribution in [3.8, 4) is 5.69 Å². The van der Waals surface area contributed by atoms with Crippen molar-refractivity contribution < 1.29 is 4.39 Å². The molecule has 0 saturated heterocycles. The molecule has 1 fully saturated rings. The maximum Gasteiger partial charge on any atom is 0.149 e. The second kappa shape index (κ2) is 5.27. The molecule has 1 heterocycles. The smallest absolute Gasteiger partial charge is 0.149 e. The third-order valence-corrected chi connectivity index (χ3v) is 3.37. The molecule has 0 amide bonds. The van der Waals surface area contributed by atoms with Crippen molar-refractivity contribution in [3.05, 3.63) is 40.9 Å². The lowest BCUT2D eigenvalue weighted by molar-refractivity contribution is 0.607. The van der Waals surface area contributed by atoms with Gasteiger partial charge < -0.3 is 5.32 Å². The molecule has 1 N–H and O–H groups in total. The zero-order chi connectivity index (χ0) is 13.2. The lowest BCUT2D eigenvalue weighted by Gasteiger charge is -2.02. The maximum atomic E-state index is 13.7. The van der Waals surface area contributed by atoms with Crippen LogP contribution in [0.2, 0.25) is 5.02 Å². The average molecular weight is 281 g/mol. The monoisotopic (exact) mass is 280 g/mol. The molecule has 1 aromatic carbocycles. The van der Waals surface area contributed by atoms with Gasteiger partial charge in [-0.15, -0.1) is 5.10 Å². The first-order chi connectivity index (χ1) is 9.22. The van der Waals surface area contributed by atoms with E-state index in [0.29, 0.717) is 17.3 Å². The van der Waals surface area contributed by atoms with Crippen molar-refractivity contribution in [2.75, 3.05) is 6.54 Å². The van der Waals surface area contributed by atoms with E-state index in [4.69, 9.17) is 11.6 Å². The fraction of sp³-hybridized carbons (Fsp3) is 0.385. The summed E-state index contributed by atoms with van der Waals surface area (Å²) >= 11 is 5.86. The van der Waals surface area contributed by atoms with E-state index in [9.17, 15) is 4.39 Å². The molecular weight excluding hydrogens is 267 g/mol. The molecule has 2 aromatic rings. The predicted molar refractivity (Wildman–Crippen MR) is 70.8 cm³/mol. The van der Waals surface area contributed by atoms with Gasteiger partial charge in [-0.2, -0.15) is 0 Å². The molecule has 0 bridgehead atoms. The normalized spacial score (nSPS) is 14.8. The van der Waals surface area contributed by atoms with Crippen LogP contribution in [0.3, 0.4) is 0 Å². The number of rotatable bonds is 5. The van der Waals surface area contributed by atoms with E-state index in [-0.39, 0.29) is 5.82 Å². The molecule has 1 aliphatic carbocycles. The summed E-state index contributed by atoms with van der Waals surface area (Å²) in [5, 5.41) is 11.7. The Morgan fingerprint density at radius 1 is 1.42 bits per heavy atom. The highest BCUT2D eigenvalue weighted by Gasteiger charge is 2.20. The van der Waals surface area contributed by atoms with Gasteiger partial charge in [-0.05, 0) is 43.5 Å². The third kappa shape index (κ3) is 3.11. The van der Waals surface area contributed by atoms with Crippen LogP contribution in [0.5, 0.6) is 0 Å². The van der Waals surface area contributed by atoms with Crippen molar-refractivity contribution in [2.45, 2.75) is 19.4 Å². The van der Waals surface area contributed by atoms with Gasteiger partial charge in [0.25, 0.3) is 0 Å². The predicted octanol–water partition coefficient (Wildman–Crippen LogP) is 2.56. The largest absolute Gasteiger partial charge is 0.311 e. The molecule has 1 aliphatic rings. The van der Waals surface area contributed by atoms with Crippen LogP contribution in [0.15, 0.2) is 24.4 Å². The van der Waals surface area contributed by atoms with Crippen LogP contribution in [-0.4, -0.2) is 21.5 Å². The number of nitrogens with one attached hydrogen (secondary N) is 1. The number of aromatic nitrogens is 3. The molecule has 0 radical (unpaired) electrons. The maximum absolute atomic E-state index is 13.7. The zero-order valence-electron chi connectivity index (χ0n) is 10.3. The van der Waals surface area contributed by atoms with Crippen molar-refractivity contribution in [3.63, 3.8) is 0 Å². The Morgan fingerprint density at radius 3 is 3.05 bits per heavy atom. The fourth-order valence-corrected chi connectivity index (χ4v) is 2.05. The minimum Gasteiger partial charge on any atom is -0.311 e. The second-order valence-corrected chi connectivity index (χ2v) is 5.26. The summed E-state index contributed by atoms with van der Waals surface area (Å²) in [5.74, 6) is 0.451. The first-order valence-corrected chi connectivity index (χ1v) is 6.67. The molecule has 3 rings (SSSR count). The van der Waals surface area contributed by atoms with E-state index in [1.807, 2.05) is 0 Å². The molecule has 1 aromatic heterocycles. The van der Waals surface area contributed by atoms with E-state index in [2.05, 4.69) is 15.6 Å². The van der Waals surface area contributed by atoms with Crippen molar-refractivity contribution >= 4 is 11.6 Å². The molecule has 19 heavy (non-hydrogen) atoms. The minimum absolute atomic E-state index is 0.313. The summed E-state index contributed by atoms with van der Waals surface area (Å²) < 4.78 is 15.1. The standard InChI is InChI=1S/C13H14ClFN4/c14-10-3-4-12(15)13(5-10)19-8-11(17-18-19)7-16-6-9-1-2-9/h3-5,8-9,16H,1-2,6-7H2.